The quantitative estimate of drug-likeness (QED) is 0.735. The lowest BCUT2D eigenvalue weighted by molar-refractivity contribution is 0.0674. The van der Waals surface area contributed by atoms with Gasteiger partial charge in [-0.1, -0.05) is 48.4 Å². The topological polar surface area (TPSA) is 23.6 Å². The Balaban J connectivity index is 0.00000243. The standard InChI is InChI=1S/C21H25ClN2O.H2S/c1-23(21(25)18-10-12-19(22)13-11-18)20(17-8-4-2-5-9-17)16-24-14-6-3-7-15-24;/h2,4-5,8-13,20H,3,6-7,14-16H2,1H3;1H2/t20-;/m1./s1. The smallest absolute Gasteiger partial charge is 0.254 e. The minimum atomic E-state index is 0. The van der Waals surface area contributed by atoms with Gasteiger partial charge in [0.05, 0.1) is 6.04 Å². The summed E-state index contributed by atoms with van der Waals surface area (Å²) in [4.78, 5) is 17.3. The third-order valence-electron chi connectivity index (χ3n) is 4.94. The average molecular weight is 391 g/mol. The molecule has 0 spiro atoms. The summed E-state index contributed by atoms with van der Waals surface area (Å²) in [6.45, 7) is 3.11. The average Bonchev–Trinajstić information content (AvgIpc) is 2.67. The molecule has 1 amide bonds. The van der Waals surface area contributed by atoms with Gasteiger partial charge >= 0.3 is 0 Å². The van der Waals surface area contributed by atoms with Crippen LogP contribution in [0.25, 0.3) is 0 Å². The second-order valence-electron chi connectivity index (χ2n) is 6.71. The molecule has 1 saturated heterocycles. The Morgan fingerprint density at radius 1 is 1.04 bits per heavy atom. The Morgan fingerprint density at radius 2 is 1.65 bits per heavy atom. The van der Waals surface area contributed by atoms with Crippen molar-refractivity contribution < 1.29 is 4.79 Å². The van der Waals surface area contributed by atoms with Crippen LogP contribution in [-0.2, 0) is 0 Å². The molecule has 2 aromatic rings. The molecular weight excluding hydrogens is 364 g/mol. The summed E-state index contributed by atoms with van der Waals surface area (Å²) in [5.74, 6) is 0.0301. The maximum absolute atomic E-state index is 13.0. The summed E-state index contributed by atoms with van der Waals surface area (Å²) in [5, 5.41) is 0.645. The first-order chi connectivity index (χ1) is 12.1. The Morgan fingerprint density at radius 3 is 2.27 bits per heavy atom. The Hall–Kier alpha value is -1.49. The number of carbonyl (C=O) groups excluding carboxylic acids is 1. The second-order valence-corrected chi connectivity index (χ2v) is 7.15. The third kappa shape index (κ3) is 5.26. The van der Waals surface area contributed by atoms with Gasteiger partial charge in [0.15, 0.2) is 0 Å². The summed E-state index contributed by atoms with van der Waals surface area (Å²) in [6.07, 6.45) is 3.80. The van der Waals surface area contributed by atoms with E-state index in [1.807, 2.05) is 30.1 Å². The largest absolute Gasteiger partial charge is 0.333 e. The van der Waals surface area contributed by atoms with E-state index in [1.165, 1.54) is 24.8 Å². The normalized spacial score (nSPS) is 15.8. The fourth-order valence-electron chi connectivity index (χ4n) is 3.45. The van der Waals surface area contributed by atoms with E-state index in [4.69, 9.17) is 11.6 Å². The zero-order valence-corrected chi connectivity index (χ0v) is 17.0. The second kappa shape index (κ2) is 10.0. The predicted molar refractivity (Wildman–Crippen MR) is 113 cm³/mol. The van der Waals surface area contributed by atoms with Crippen molar-refractivity contribution in [2.75, 3.05) is 26.7 Å². The first-order valence-corrected chi connectivity index (χ1v) is 9.33. The minimum Gasteiger partial charge on any atom is -0.333 e. The Bertz CT molecular complexity index is 687. The van der Waals surface area contributed by atoms with Gasteiger partial charge in [0.2, 0.25) is 0 Å². The minimum absolute atomic E-state index is 0. The fraction of sp³-hybridized carbons (Fsp3) is 0.381. The third-order valence-corrected chi connectivity index (χ3v) is 5.20. The molecule has 0 unspecified atom stereocenters. The van der Waals surface area contributed by atoms with Crippen molar-refractivity contribution in [2.24, 2.45) is 0 Å². The van der Waals surface area contributed by atoms with E-state index in [9.17, 15) is 4.79 Å². The van der Waals surface area contributed by atoms with Gasteiger partial charge in [0.1, 0.15) is 0 Å². The number of likely N-dealkylation sites (tertiary alicyclic amines) is 1. The van der Waals surface area contributed by atoms with Crippen LogP contribution in [0, 0.1) is 0 Å². The van der Waals surface area contributed by atoms with Crippen LogP contribution < -0.4 is 0 Å². The van der Waals surface area contributed by atoms with Crippen LogP contribution in [-0.4, -0.2) is 42.4 Å². The van der Waals surface area contributed by atoms with Crippen molar-refractivity contribution in [2.45, 2.75) is 25.3 Å². The van der Waals surface area contributed by atoms with Gasteiger partial charge in [-0.3, -0.25) is 4.79 Å². The first-order valence-electron chi connectivity index (χ1n) is 8.95. The zero-order chi connectivity index (χ0) is 17.6. The number of nitrogens with zero attached hydrogens (tertiary/aromatic N) is 2. The van der Waals surface area contributed by atoms with Crippen LogP contribution in [0.1, 0.15) is 41.2 Å². The maximum atomic E-state index is 13.0. The number of amides is 1. The van der Waals surface area contributed by atoms with Crippen molar-refractivity contribution in [3.05, 3.63) is 70.7 Å². The van der Waals surface area contributed by atoms with E-state index < -0.39 is 0 Å². The number of halogens is 1. The molecule has 1 aliphatic rings. The van der Waals surface area contributed by atoms with Gasteiger partial charge in [0, 0.05) is 24.2 Å². The van der Waals surface area contributed by atoms with Crippen LogP contribution >= 0.6 is 25.1 Å². The van der Waals surface area contributed by atoms with E-state index >= 15 is 0 Å². The van der Waals surface area contributed by atoms with Gasteiger partial charge in [-0.25, -0.2) is 0 Å². The van der Waals surface area contributed by atoms with Crippen LogP contribution in [0.15, 0.2) is 54.6 Å². The summed E-state index contributed by atoms with van der Waals surface area (Å²) in [5.41, 5.74) is 1.85. The van der Waals surface area contributed by atoms with Gasteiger partial charge in [-0.15, -0.1) is 0 Å². The zero-order valence-electron chi connectivity index (χ0n) is 15.2. The molecule has 1 heterocycles. The summed E-state index contributed by atoms with van der Waals surface area (Å²) >= 11 is 5.95. The van der Waals surface area contributed by atoms with Crippen molar-refractivity contribution >= 4 is 31.0 Å². The fourth-order valence-corrected chi connectivity index (χ4v) is 3.58. The van der Waals surface area contributed by atoms with Gasteiger partial charge in [0.25, 0.3) is 5.91 Å². The first kappa shape index (κ1) is 20.8. The monoisotopic (exact) mass is 390 g/mol. The SMILES string of the molecule is CN(C(=O)c1ccc(Cl)cc1)[C@H](CN1CCCCC1)c1ccccc1.S. The molecular formula is C21H27ClN2OS. The number of hydrogen-bond donors (Lipinski definition) is 0. The molecule has 5 heteroatoms. The van der Waals surface area contributed by atoms with Gasteiger partial charge in [-0.05, 0) is 55.8 Å². The van der Waals surface area contributed by atoms with Crippen molar-refractivity contribution in [1.82, 2.24) is 9.80 Å². The number of hydrogen-bond acceptors (Lipinski definition) is 2. The summed E-state index contributed by atoms with van der Waals surface area (Å²) in [7, 11) is 1.90. The molecule has 0 aromatic heterocycles. The highest BCUT2D eigenvalue weighted by atomic mass is 35.5. The number of likely N-dealkylation sites (N-methyl/N-ethyl adjacent to an activating group) is 1. The summed E-state index contributed by atoms with van der Waals surface area (Å²) < 4.78 is 0. The van der Waals surface area contributed by atoms with Gasteiger partial charge in [-0.2, -0.15) is 13.5 Å². The molecule has 3 nitrogen and oxygen atoms in total. The van der Waals surface area contributed by atoms with Crippen LogP contribution in [0.2, 0.25) is 5.02 Å². The van der Waals surface area contributed by atoms with Crippen molar-refractivity contribution in [3.8, 4) is 0 Å². The number of piperidine rings is 1. The van der Waals surface area contributed by atoms with Crippen LogP contribution in [0.4, 0.5) is 0 Å². The highest BCUT2D eigenvalue weighted by Crippen LogP contribution is 2.24. The molecule has 2 aromatic carbocycles. The number of rotatable bonds is 5. The lowest BCUT2D eigenvalue weighted by Gasteiger charge is -2.35. The number of carbonyl (C=O) groups is 1. The highest BCUT2D eigenvalue weighted by Gasteiger charge is 2.25. The molecule has 0 saturated carbocycles. The van der Waals surface area contributed by atoms with E-state index in [-0.39, 0.29) is 25.4 Å². The molecule has 26 heavy (non-hydrogen) atoms. The molecule has 1 atom stereocenters. The molecule has 0 aliphatic carbocycles. The van der Waals surface area contributed by atoms with Crippen LogP contribution in [0.3, 0.4) is 0 Å². The van der Waals surface area contributed by atoms with Crippen molar-refractivity contribution in [1.29, 1.82) is 0 Å². The molecule has 140 valence electrons. The molecule has 0 N–H and O–H groups in total. The molecule has 0 bridgehead atoms. The van der Waals surface area contributed by atoms with E-state index in [1.54, 1.807) is 24.3 Å². The van der Waals surface area contributed by atoms with Crippen LogP contribution in [0.5, 0.6) is 0 Å². The predicted octanol–water partition coefficient (Wildman–Crippen LogP) is 4.75. The lowest BCUT2D eigenvalue weighted by atomic mass is 10.0. The summed E-state index contributed by atoms with van der Waals surface area (Å²) in [6, 6.07) is 17.5. The van der Waals surface area contributed by atoms with E-state index in [0.29, 0.717) is 10.6 Å². The highest BCUT2D eigenvalue weighted by molar-refractivity contribution is 7.59. The Labute approximate surface area is 168 Å². The molecule has 3 rings (SSSR count). The van der Waals surface area contributed by atoms with Crippen molar-refractivity contribution in [3.63, 3.8) is 0 Å². The van der Waals surface area contributed by atoms with E-state index in [0.717, 1.165) is 19.6 Å². The molecule has 1 aliphatic heterocycles. The number of benzene rings is 2. The van der Waals surface area contributed by atoms with Gasteiger partial charge < -0.3 is 9.80 Å². The lowest BCUT2D eigenvalue weighted by Crippen LogP contribution is -2.41. The van der Waals surface area contributed by atoms with E-state index in [2.05, 4.69) is 17.0 Å². The molecule has 0 radical (unpaired) electrons. The molecule has 1 fully saturated rings. The maximum Gasteiger partial charge on any atom is 0.254 e. The Kier molecular flexibility index (Phi) is 8.01.